The summed E-state index contributed by atoms with van der Waals surface area (Å²) < 4.78 is 72.4. The van der Waals surface area contributed by atoms with Gasteiger partial charge in [0.15, 0.2) is 5.69 Å². The Labute approximate surface area is 74.1 Å². The quantitative estimate of drug-likeness (QED) is 0.609. The number of halogens is 6. The van der Waals surface area contributed by atoms with Crippen LogP contribution in [-0.2, 0) is 19.4 Å². The van der Waals surface area contributed by atoms with Crippen LogP contribution in [0.1, 0.15) is 11.3 Å². The maximum absolute atomic E-state index is 12.0. The predicted octanol–water partition coefficient (Wildman–Crippen LogP) is 2.26. The summed E-state index contributed by atoms with van der Waals surface area (Å²) in [6.07, 6.45) is -8.77. The maximum atomic E-state index is 12.0. The lowest BCUT2D eigenvalue weighted by molar-refractivity contribution is -0.163. The molecule has 1 aromatic heterocycles. The average molecular weight is 217 g/mol. The molecular formula is C6H3F6N2. The summed E-state index contributed by atoms with van der Waals surface area (Å²) in [6, 6.07) is 0. The number of rotatable bonds is 0. The smallest absolute Gasteiger partial charge is 0.265 e. The normalized spacial score (nSPS) is 13.4. The molecular weight excluding hydrogens is 214 g/mol. The van der Waals surface area contributed by atoms with Crippen molar-refractivity contribution in [3.63, 3.8) is 0 Å². The monoisotopic (exact) mass is 217 g/mol. The first-order valence-electron chi connectivity index (χ1n) is 3.23. The molecule has 0 bridgehead atoms. The third-order valence-electron chi connectivity index (χ3n) is 1.31. The van der Waals surface area contributed by atoms with Gasteiger partial charge in [-0.15, -0.1) is 0 Å². The lowest BCUT2D eigenvalue weighted by Gasteiger charge is -2.07. The fraction of sp³-hybridized carbons (Fsp3) is 0.500. The third kappa shape index (κ3) is 1.99. The largest absolute Gasteiger partial charge is 0.435 e. The molecule has 1 heterocycles. The lowest BCUT2D eigenvalue weighted by Crippen LogP contribution is -2.15. The Balaban J connectivity index is 3.31. The molecule has 0 saturated carbocycles. The van der Waals surface area contributed by atoms with Gasteiger partial charge in [-0.2, -0.15) is 31.4 Å². The van der Waals surface area contributed by atoms with Gasteiger partial charge in [0.2, 0.25) is 0 Å². The van der Waals surface area contributed by atoms with E-state index in [-0.39, 0.29) is 0 Å². The first-order chi connectivity index (χ1) is 6.12. The maximum Gasteiger partial charge on any atom is 0.435 e. The van der Waals surface area contributed by atoms with Gasteiger partial charge in [-0.25, -0.2) is 0 Å². The van der Waals surface area contributed by atoms with Crippen molar-refractivity contribution in [3.8, 4) is 0 Å². The number of nitrogens with zero attached hydrogens (tertiary/aromatic N) is 2. The van der Waals surface area contributed by atoms with Crippen molar-refractivity contribution in [1.29, 1.82) is 0 Å². The van der Waals surface area contributed by atoms with Crippen molar-refractivity contribution >= 4 is 0 Å². The molecule has 1 rings (SSSR count). The van der Waals surface area contributed by atoms with Gasteiger partial charge in [-0.05, 0) is 0 Å². The number of aromatic nitrogens is 2. The number of hydrogen-bond acceptors (Lipinski definition) is 1. The number of alkyl halides is 6. The average Bonchev–Trinajstić information content (AvgIpc) is 2.27. The van der Waals surface area contributed by atoms with Crippen molar-refractivity contribution in [2.24, 2.45) is 7.05 Å². The van der Waals surface area contributed by atoms with E-state index >= 15 is 0 Å². The summed E-state index contributed by atoms with van der Waals surface area (Å²) in [5.74, 6) is 0. The summed E-state index contributed by atoms with van der Waals surface area (Å²) in [6.45, 7) is 0. The van der Waals surface area contributed by atoms with Gasteiger partial charge in [0.25, 0.3) is 0 Å². The van der Waals surface area contributed by atoms with E-state index < -0.39 is 23.6 Å². The van der Waals surface area contributed by atoms with Gasteiger partial charge < -0.3 is 0 Å². The van der Waals surface area contributed by atoms with Crippen LogP contribution in [0.5, 0.6) is 0 Å². The minimum Gasteiger partial charge on any atom is -0.265 e. The highest BCUT2D eigenvalue weighted by Gasteiger charge is 2.46. The first kappa shape index (κ1) is 10.9. The summed E-state index contributed by atoms with van der Waals surface area (Å²) in [4.78, 5) is 0. The zero-order chi connectivity index (χ0) is 11.1. The second-order valence-corrected chi connectivity index (χ2v) is 2.45. The SMILES string of the molecule is Cn1[c]c(C(F)(F)F)c(C(F)(F)F)n1. The van der Waals surface area contributed by atoms with Gasteiger partial charge in [-0.3, -0.25) is 4.68 Å². The standard InChI is InChI=1S/C6H3F6N2/c1-14-2-3(5(7,8)9)4(13-14)6(10,11)12/h1H3. The van der Waals surface area contributed by atoms with Crippen LogP contribution in [0.15, 0.2) is 0 Å². The highest BCUT2D eigenvalue weighted by molar-refractivity contribution is 5.21. The van der Waals surface area contributed by atoms with Gasteiger partial charge in [0.05, 0.1) is 6.20 Å². The van der Waals surface area contributed by atoms with E-state index in [4.69, 9.17) is 0 Å². The molecule has 0 saturated heterocycles. The van der Waals surface area contributed by atoms with Crippen molar-refractivity contribution in [2.75, 3.05) is 0 Å². The van der Waals surface area contributed by atoms with E-state index in [2.05, 4.69) is 5.10 Å². The molecule has 0 atom stereocenters. The molecule has 0 aromatic carbocycles. The van der Waals surface area contributed by atoms with Crippen molar-refractivity contribution in [2.45, 2.75) is 12.4 Å². The van der Waals surface area contributed by atoms with Crippen LogP contribution in [0.3, 0.4) is 0 Å². The fourth-order valence-electron chi connectivity index (χ4n) is 0.836. The molecule has 0 spiro atoms. The molecule has 0 fully saturated rings. The second kappa shape index (κ2) is 2.89. The Morgan fingerprint density at radius 2 is 1.57 bits per heavy atom. The Morgan fingerprint density at radius 1 is 1.07 bits per heavy atom. The van der Waals surface area contributed by atoms with E-state index in [1.807, 2.05) is 0 Å². The molecule has 79 valence electrons. The molecule has 0 aliphatic rings. The Hall–Kier alpha value is -1.21. The summed E-state index contributed by atoms with van der Waals surface area (Å²) >= 11 is 0. The van der Waals surface area contributed by atoms with Crippen molar-refractivity contribution in [1.82, 2.24) is 9.78 Å². The molecule has 14 heavy (non-hydrogen) atoms. The Kier molecular flexibility index (Phi) is 2.24. The molecule has 0 aliphatic carbocycles. The zero-order valence-electron chi connectivity index (χ0n) is 6.66. The molecule has 8 heteroatoms. The molecule has 2 nitrogen and oxygen atoms in total. The van der Waals surface area contributed by atoms with Crippen molar-refractivity contribution in [3.05, 3.63) is 17.5 Å². The van der Waals surface area contributed by atoms with E-state index in [1.54, 1.807) is 0 Å². The van der Waals surface area contributed by atoms with Crippen molar-refractivity contribution < 1.29 is 26.3 Å². The van der Waals surface area contributed by atoms with Gasteiger partial charge >= 0.3 is 12.4 Å². The first-order valence-corrected chi connectivity index (χ1v) is 3.23. The van der Waals surface area contributed by atoms with Crippen LogP contribution in [0.2, 0.25) is 0 Å². The van der Waals surface area contributed by atoms with Gasteiger partial charge in [0, 0.05) is 7.05 Å². The van der Waals surface area contributed by atoms with Crippen LogP contribution in [0.4, 0.5) is 26.3 Å². The highest BCUT2D eigenvalue weighted by Crippen LogP contribution is 2.38. The van der Waals surface area contributed by atoms with E-state index in [1.165, 1.54) is 6.20 Å². The van der Waals surface area contributed by atoms with E-state index in [0.29, 0.717) is 4.68 Å². The Morgan fingerprint density at radius 3 is 1.86 bits per heavy atom. The van der Waals surface area contributed by atoms with Crippen LogP contribution in [-0.4, -0.2) is 9.78 Å². The topological polar surface area (TPSA) is 17.8 Å². The van der Waals surface area contributed by atoms with Gasteiger partial charge in [0.1, 0.15) is 5.56 Å². The predicted molar refractivity (Wildman–Crippen MR) is 32.0 cm³/mol. The number of hydrogen-bond donors (Lipinski definition) is 0. The number of aryl methyl sites for hydroxylation is 1. The molecule has 1 radical (unpaired) electrons. The van der Waals surface area contributed by atoms with Crippen LogP contribution >= 0.6 is 0 Å². The summed E-state index contributed by atoms with van der Waals surface area (Å²) in [5, 5.41) is 2.66. The third-order valence-corrected chi connectivity index (χ3v) is 1.31. The van der Waals surface area contributed by atoms with Crippen LogP contribution < -0.4 is 0 Å². The second-order valence-electron chi connectivity index (χ2n) is 2.45. The Bertz CT molecular complexity index is 302. The molecule has 0 amide bonds. The van der Waals surface area contributed by atoms with Crippen LogP contribution in [0, 0.1) is 6.20 Å². The summed E-state index contributed by atoms with van der Waals surface area (Å²) in [5.41, 5.74) is -3.86. The van der Waals surface area contributed by atoms with E-state index in [9.17, 15) is 26.3 Å². The minimum atomic E-state index is -5.12. The molecule has 0 N–H and O–H groups in total. The molecule has 0 unspecified atom stereocenters. The zero-order valence-corrected chi connectivity index (χ0v) is 6.66. The van der Waals surface area contributed by atoms with E-state index in [0.717, 1.165) is 7.05 Å². The van der Waals surface area contributed by atoms with Crippen LogP contribution in [0.25, 0.3) is 0 Å². The lowest BCUT2D eigenvalue weighted by atomic mass is 10.2. The highest BCUT2D eigenvalue weighted by atomic mass is 19.4. The van der Waals surface area contributed by atoms with Gasteiger partial charge in [-0.1, -0.05) is 0 Å². The molecule has 1 aromatic rings. The minimum absolute atomic E-state index is 0.353. The summed E-state index contributed by atoms with van der Waals surface area (Å²) in [7, 11) is 0.935. The fourth-order valence-corrected chi connectivity index (χ4v) is 0.836. The molecule has 0 aliphatic heterocycles.